The summed E-state index contributed by atoms with van der Waals surface area (Å²) in [6.45, 7) is 4.37. The Bertz CT molecular complexity index is 430. The van der Waals surface area contributed by atoms with Crippen molar-refractivity contribution < 1.29 is 18.9 Å². The van der Waals surface area contributed by atoms with Crippen molar-refractivity contribution in [2.45, 2.75) is 25.4 Å². The van der Waals surface area contributed by atoms with E-state index < -0.39 is 0 Å². The number of hydrogen-bond donors (Lipinski definition) is 1. The molecule has 1 aliphatic rings. The van der Waals surface area contributed by atoms with Crippen LogP contribution in [0.25, 0.3) is 0 Å². The number of ether oxygens (including phenoxy) is 4. The first kappa shape index (κ1) is 14.9. The van der Waals surface area contributed by atoms with Gasteiger partial charge in [-0.05, 0) is 13.3 Å². The lowest BCUT2D eigenvalue weighted by molar-refractivity contribution is 0.171. The number of methoxy groups -OCH3 is 3. The van der Waals surface area contributed by atoms with Gasteiger partial charge in [-0.25, -0.2) is 0 Å². The molecule has 0 amide bonds. The molecule has 0 saturated carbocycles. The molecule has 0 aromatic heterocycles. The topological polar surface area (TPSA) is 49.0 Å². The first-order valence-electron chi connectivity index (χ1n) is 6.73. The molecule has 1 fully saturated rings. The molecule has 1 aromatic rings. The lowest BCUT2D eigenvalue weighted by Gasteiger charge is -2.25. The lowest BCUT2D eigenvalue weighted by Crippen LogP contribution is -2.42. The second-order valence-electron chi connectivity index (χ2n) is 5.23. The van der Waals surface area contributed by atoms with Crippen molar-refractivity contribution in [1.29, 1.82) is 0 Å². The van der Waals surface area contributed by atoms with Crippen LogP contribution in [0.5, 0.6) is 17.2 Å². The van der Waals surface area contributed by atoms with E-state index in [4.69, 9.17) is 18.9 Å². The molecular weight excluding hydrogens is 258 g/mol. The molecular formula is C15H23NO4. The maximum atomic E-state index is 5.45. The quantitative estimate of drug-likeness (QED) is 0.864. The molecule has 0 bridgehead atoms. The molecule has 1 aromatic carbocycles. The molecule has 1 saturated heterocycles. The summed E-state index contributed by atoms with van der Waals surface area (Å²) in [4.78, 5) is 0. The molecule has 1 atom stereocenters. The predicted molar refractivity (Wildman–Crippen MR) is 76.8 cm³/mol. The van der Waals surface area contributed by atoms with E-state index in [0.29, 0.717) is 6.54 Å². The normalized spacial score (nSPS) is 21.8. The molecule has 112 valence electrons. The van der Waals surface area contributed by atoms with Crippen LogP contribution >= 0.6 is 0 Å². The minimum Gasteiger partial charge on any atom is -0.496 e. The van der Waals surface area contributed by atoms with Gasteiger partial charge in [0.05, 0.1) is 33.5 Å². The van der Waals surface area contributed by atoms with Gasteiger partial charge >= 0.3 is 0 Å². The van der Waals surface area contributed by atoms with E-state index in [1.165, 1.54) is 0 Å². The highest BCUT2D eigenvalue weighted by Crippen LogP contribution is 2.34. The highest BCUT2D eigenvalue weighted by molar-refractivity contribution is 5.50. The smallest absolute Gasteiger partial charge is 0.130 e. The molecule has 0 aliphatic carbocycles. The van der Waals surface area contributed by atoms with Crippen LogP contribution in [0.2, 0.25) is 0 Å². The van der Waals surface area contributed by atoms with Crippen molar-refractivity contribution in [3.8, 4) is 17.2 Å². The van der Waals surface area contributed by atoms with Crippen molar-refractivity contribution in [3.63, 3.8) is 0 Å². The standard InChI is InChI=1S/C15H23NO4/c1-15(5-6-20-10-15)16-9-12-13(18-3)7-11(17-2)8-14(12)19-4/h7-8,16H,5-6,9-10H2,1-4H3. The van der Waals surface area contributed by atoms with Crippen LogP contribution < -0.4 is 19.5 Å². The highest BCUT2D eigenvalue weighted by Gasteiger charge is 2.29. The molecule has 2 rings (SSSR count). The molecule has 5 heteroatoms. The Morgan fingerprint density at radius 3 is 2.25 bits per heavy atom. The summed E-state index contributed by atoms with van der Waals surface area (Å²) in [6.07, 6.45) is 1.01. The highest BCUT2D eigenvalue weighted by atomic mass is 16.5. The Morgan fingerprint density at radius 1 is 1.15 bits per heavy atom. The van der Waals surface area contributed by atoms with Gasteiger partial charge in [0.25, 0.3) is 0 Å². The van der Waals surface area contributed by atoms with Crippen molar-refractivity contribution in [2.24, 2.45) is 0 Å². The second-order valence-corrected chi connectivity index (χ2v) is 5.23. The Kier molecular flexibility index (Phi) is 4.73. The van der Waals surface area contributed by atoms with E-state index >= 15 is 0 Å². The second kappa shape index (κ2) is 6.33. The third-order valence-electron chi connectivity index (χ3n) is 3.73. The lowest BCUT2D eigenvalue weighted by atomic mass is 10.0. The first-order chi connectivity index (χ1) is 9.61. The molecule has 1 N–H and O–H groups in total. The van der Waals surface area contributed by atoms with Crippen molar-refractivity contribution >= 4 is 0 Å². The molecule has 1 aliphatic heterocycles. The Balaban J connectivity index is 2.20. The van der Waals surface area contributed by atoms with Gasteiger partial charge in [0.2, 0.25) is 0 Å². The molecule has 0 radical (unpaired) electrons. The van der Waals surface area contributed by atoms with Gasteiger partial charge in [-0.2, -0.15) is 0 Å². The number of nitrogens with one attached hydrogen (secondary N) is 1. The van der Waals surface area contributed by atoms with Crippen LogP contribution in [0.4, 0.5) is 0 Å². The molecule has 5 nitrogen and oxygen atoms in total. The Labute approximate surface area is 120 Å². The SMILES string of the molecule is COc1cc(OC)c(CNC2(C)CCOC2)c(OC)c1. The zero-order valence-corrected chi connectivity index (χ0v) is 12.6. The van der Waals surface area contributed by atoms with E-state index in [2.05, 4.69) is 12.2 Å². The van der Waals surface area contributed by atoms with Gasteiger partial charge in [0.15, 0.2) is 0 Å². The van der Waals surface area contributed by atoms with Crippen LogP contribution in [0.1, 0.15) is 18.9 Å². The van der Waals surface area contributed by atoms with Crippen LogP contribution in [0.15, 0.2) is 12.1 Å². The van der Waals surface area contributed by atoms with Gasteiger partial charge in [-0.15, -0.1) is 0 Å². The van der Waals surface area contributed by atoms with Gasteiger partial charge < -0.3 is 24.3 Å². The summed E-state index contributed by atoms with van der Waals surface area (Å²) >= 11 is 0. The first-order valence-corrected chi connectivity index (χ1v) is 6.73. The zero-order chi connectivity index (χ0) is 14.6. The minimum absolute atomic E-state index is 0.00987. The summed E-state index contributed by atoms with van der Waals surface area (Å²) in [5.74, 6) is 2.24. The Hall–Kier alpha value is -1.46. The number of benzene rings is 1. The minimum atomic E-state index is 0.00987. The van der Waals surface area contributed by atoms with Crippen molar-refractivity contribution in [2.75, 3.05) is 34.5 Å². The van der Waals surface area contributed by atoms with Gasteiger partial charge in [-0.1, -0.05) is 0 Å². The summed E-state index contributed by atoms with van der Waals surface area (Å²) in [6, 6.07) is 3.74. The fourth-order valence-electron chi connectivity index (χ4n) is 2.36. The average Bonchev–Trinajstić information content (AvgIpc) is 2.91. The summed E-state index contributed by atoms with van der Waals surface area (Å²) in [5.41, 5.74) is 1.000. The van der Waals surface area contributed by atoms with Crippen LogP contribution in [0, 0.1) is 0 Å². The third kappa shape index (κ3) is 3.16. The van der Waals surface area contributed by atoms with Gasteiger partial charge in [0.1, 0.15) is 17.2 Å². The summed E-state index contributed by atoms with van der Waals surface area (Å²) in [5, 5.41) is 3.54. The maximum Gasteiger partial charge on any atom is 0.130 e. The van der Waals surface area contributed by atoms with Crippen LogP contribution in [-0.4, -0.2) is 40.1 Å². The van der Waals surface area contributed by atoms with Gasteiger partial charge in [-0.3, -0.25) is 0 Å². The third-order valence-corrected chi connectivity index (χ3v) is 3.73. The fraction of sp³-hybridized carbons (Fsp3) is 0.600. The largest absolute Gasteiger partial charge is 0.496 e. The van der Waals surface area contributed by atoms with Crippen molar-refractivity contribution in [1.82, 2.24) is 5.32 Å². The predicted octanol–water partition coefficient (Wildman–Crippen LogP) is 1.98. The fourth-order valence-corrected chi connectivity index (χ4v) is 2.36. The number of hydrogen-bond acceptors (Lipinski definition) is 5. The zero-order valence-electron chi connectivity index (χ0n) is 12.6. The molecule has 0 spiro atoms. The number of rotatable bonds is 6. The Morgan fingerprint density at radius 2 is 1.80 bits per heavy atom. The van der Waals surface area contributed by atoms with E-state index in [9.17, 15) is 0 Å². The van der Waals surface area contributed by atoms with Gasteiger partial charge in [0, 0.05) is 30.8 Å². The van der Waals surface area contributed by atoms with Crippen LogP contribution in [0.3, 0.4) is 0 Å². The summed E-state index contributed by atoms with van der Waals surface area (Å²) < 4.78 is 21.6. The van der Waals surface area contributed by atoms with E-state index in [1.54, 1.807) is 21.3 Å². The van der Waals surface area contributed by atoms with E-state index in [-0.39, 0.29) is 5.54 Å². The summed E-state index contributed by atoms with van der Waals surface area (Å²) in [7, 11) is 4.93. The van der Waals surface area contributed by atoms with Crippen LogP contribution in [-0.2, 0) is 11.3 Å². The maximum absolute atomic E-state index is 5.45. The van der Waals surface area contributed by atoms with Crippen molar-refractivity contribution in [3.05, 3.63) is 17.7 Å². The monoisotopic (exact) mass is 281 g/mol. The molecule has 20 heavy (non-hydrogen) atoms. The van der Waals surface area contributed by atoms with E-state index in [1.807, 2.05) is 12.1 Å². The molecule has 1 heterocycles. The average molecular weight is 281 g/mol. The van der Waals surface area contributed by atoms with E-state index in [0.717, 1.165) is 42.4 Å². The molecule has 1 unspecified atom stereocenters.